The molecular formula is C16H19ClN4O2. The van der Waals surface area contributed by atoms with E-state index in [4.69, 9.17) is 16.7 Å². The number of rotatable bonds is 6. The number of likely N-dealkylation sites (tertiary alicyclic amines) is 1. The number of aromatic nitrogens is 3. The molecule has 2 aromatic rings. The van der Waals surface area contributed by atoms with Crippen molar-refractivity contribution in [1.82, 2.24) is 19.9 Å². The third-order valence-corrected chi connectivity index (χ3v) is 4.37. The monoisotopic (exact) mass is 334 g/mol. The van der Waals surface area contributed by atoms with Crippen LogP contribution < -0.4 is 0 Å². The summed E-state index contributed by atoms with van der Waals surface area (Å²) in [6.45, 7) is 1.78. The van der Waals surface area contributed by atoms with Gasteiger partial charge in [0.15, 0.2) is 0 Å². The number of aliphatic carboxylic acids is 1. The van der Waals surface area contributed by atoms with Crippen molar-refractivity contribution >= 4 is 17.6 Å². The highest BCUT2D eigenvalue weighted by Crippen LogP contribution is 2.32. The Morgan fingerprint density at radius 1 is 1.43 bits per heavy atom. The molecule has 3 rings (SSSR count). The minimum atomic E-state index is -0.915. The van der Waals surface area contributed by atoms with Gasteiger partial charge in [-0.05, 0) is 37.1 Å². The van der Waals surface area contributed by atoms with Crippen molar-refractivity contribution in [3.05, 3.63) is 46.7 Å². The highest BCUT2D eigenvalue weighted by atomic mass is 35.5. The van der Waals surface area contributed by atoms with Crippen LogP contribution in [-0.2, 0) is 17.8 Å². The standard InChI is InChI=1S/C16H19ClN4O2/c17-13-4-1-3-12(9-13)15-5-2-7-20(15)8-6-14-10-21(19-18-14)11-16(22)23/h1,3-4,9-10,15H,2,5-8,11H2,(H,22,23). The molecule has 6 nitrogen and oxygen atoms in total. The Hall–Kier alpha value is -1.92. The zero-order chi connectivity index (χ0) is 16.2. The summed E-state index contributed by atoms with van der Waals surface area (Å²) in [5.41, 5.74) is 2.08. The van der Waals surface area contributed by atoms with Gasteiger partial charge in [0.1, 0.15) is 6.54 Å². The van der Waals surface area contributed by atoms with E-state index in [1.807, 2.05) is 18.2 Å². The van der Waals surface area contributed by atoms with Crippen LogP contribution in [0.1, 0.15) is 30.1 Å². The van der Waals surface area contributed by atoms with E-state index in [0.29, 0.717) is 6.04 Å². The van der Waals surface area contributed by atoms with Crippen LogP contribution in [-0.4, -0.2) is 44.1 Å². The summed E-state index contributed by atoms with van der Waals surface area (Å²) in [5.74, 6) is -0.915. The Kier molecular flexibility index (Phi) is 4.93. The number of hydrogen-bond acceptors (Lipinski definition) is 4. The Bertz CT molecular complexity index is 688. The van der Waals surface area contributed by atoms with Gasteiger partial charge in [0.25, 0.3) is 0 Å². The highest BCUT2D eigenvalue weighted by molar-refractivity contribution is 6.30. The molecule has 0 bridgehead atoms. The topological polar surface area (TPSA) is 71.2 Å². The fraction of sp³-hybridized carbons (Fsp3) is 0.438. The predicted octanol–water partition coefficient (Wildman–Crippen LogP) is 2.40. The molecule has 2 heterocycles. The molecule has 1 fully saturated rings. The number of nitrogens with zero attached hydrogens (tertiary/aromatic N) is 4. The SMILES string of the molecule is O=C(O)Cn1cc(CCN2CCCC2c2cccc(Cl)c2)nn1. The van der Waals surface area contributed by atoms with Crippen LogP contribution in [0.25, 0.3) is 0 Å². The van der Waals surface area contributed by atoms with Gasteiger partial charge in [-0.15, -0.1) is 5.10 Å². The number of benzene rings is 1. The van der Waals surface area contributed by atoms with Crippen molar-refractivity contribution in [1.29, 1.82) is 0 Å². The minimum Gasteiger partial charge on any atom is -0.480 e. The Balaban J connectivity index is 1.61. The second-order valence-corrected chi connectivity index (χ2v) is 6.24. The molecule has 0 radical (unpaired) electrons. The van der Waals surface area contributed by atoms with Crippen LogP contribution >= 0.6 is 11.6 Å². The molecule has 23 heavy (non-hydrogen) atoms. The normalized spacial score (nSPS) is 18.4. The first-order valence-corrected chi connectivity index (χ1v) is 8.10. The maximum atomic E-state index is 10.7. The first-order chi connectivity index (χ1) is 11.1. The number of halogens is 1. The molecule has 1 aliphatic rings. The summed E-state index contributed by atoms with van der Waals surface area (Å²) in [6.07, 6.45) is 4.77. The second-order valence-electron chi connectivity index (χ2n) is 5.80. The Morgan fingerprint density at radius 3 is 3.09 bits per heavy atom. The molecule has 1 aliphatic heterocycles. The van der Waals surface area contributed by atoms with Gasteiger partial charge >= 0.3 is 5.97 Å². The molecule has 7 heteroatoms. The lowest BCUT2D eigenvalue weighted by Gasteiger charge is -2.24. The van der Waals surface area contributed by atoms with Crippen LogP contribution in [0.4, 0.5) is 0 Å². The lowest BCUT2D eigenvalue weighted by molar-refractivity contribution is -0.137. The van der Waals surface area contributed by atoms with E-state index >= 15 is 0 Å². The molecule has 1 atom stereocenters. The average Bonchev–Trinajstić information content (AvgIpc) is 3.13. The lowest BCUT2D eigenvalue weighted by atomic mass is 10.0. The van der Waals surface area contributed by atoms with E-state index in [0.717, 1.165) is 36.6 Å². The zero-order valence-electron chi connectivity index (χ0n) is 12.7. The summed E-state index contributed by atoms with van der Waals surface area (Å²) in [6, 6.07) is 8.44. The van der Waals surface area contributed by atoms with Crippen molar-refractivity contribution in [2.75, 3.05) is 13.1 Å². The first-order valence-electron chi connectivity index (χ1n) is 7.72. The van der Waals surface area contributed by atoms with Gasteiger partial charge in [-0.3, -0.25) is 9.69 Å². The van der Waals surface area contributed by atoms with Gasteiger partial charge in [-0.2, -0.15) is 0 Å². The van der Waals surface area contributed by atoms with Crippen molar-refractivity contribution in [2.45, 2.75) is 31.8 Å². The molecule has 0 saturated carbocycles. The fourth-order valence-corrected chi connectivity index (χ4v) is 3.31. The van der Waals surface area contributed by atoms with Crippen LogP contribution in [0.3, 0.4) is 0 Å². The first kappa shape index (κ1) is 16.0. The maximum absolute atomic E-state index is 10.7. The zero-order valence-corrected chi connectivity index (χ0v) is 13.5. The van der Waals surface area contributed by atoms with Gasteiger partial charge in [-0.1, -0.05) is 28.9 Å². The van der Waals surface area contributed by atoms with E-state index in [1.54, 1.807) is 6.20 Å². The number of hydrogen-bond donors (Lipinski definition) is 1. The van der Waals surface area contributed by atoms with E-state index in [9.17, 15) is 4.79 Å². The molecular weight excluding hydrogens is 316 g/mol. The van der Waals surface area contributed by atoms with Crippen LogP contribution in [0.5, 0.6) is 0 Å². The second kappa shape index (κ2) is 7.10. The fourth-order valence-electron chi connectivity index (χ4n) is 3.11. The average molecular weight is 335 g/mol. The van der Waals surface area contributed by atoms with Crippen molar-refractivity contribution in [3.63, 3.8) is 0 Å². The lowest BCUT2D eigenvalue weighted by Crippen LogP contribution is -2.25. The molecule has 0 amide bonds. The largest absolute Gasteiger partial charge is 0.480 e. The van der Waals surface area contributed by atoms with Gasteiger partial charge in [0.2, 0.25) is 0 Å². The van der Waals surface area contributed by atoms with Gasteiger partial charge in [0.05, 0.1) is 5.69 Å². The van der Waals surface area contributed by atoms with Crippen molar-refractivity contribution in [2.24, 2.45) is 0 Å². The molecule has 1 N–H and O–H groups in total. The smallest absolute Gasteiger partial charge is 0.325 e. The summed E-state index contributed by atoms with van der Waals surface area (Å²) < 4.78 is 1.36. The molecule has 1 unspecified atom stereocenters. The van der Waals surface area contributed by atoms with Crippen molar-refractivity contribution < 1.29 is 9.90 Å². The van der Waals surface area contributed by atoms with Crippen LogP contribution in [0.15, 0.2) is 30.5 Å². The quantitative estimate of drug-likeness (QED) is 0.878. The summed E-state index contributed by atoms with van der Waals surface area (Å²) >= 11 is 6.10. The molecule has 0 aliphatic carbocycles. The van der Waals surface area contributed by atoms with E-state index in [1.165, 1.54) is 16.7 Å². The molecule has 122 valence electrons. The minimum absolute atomic E-state index is 0.151. The predicted molar refractivity (Wildman–Crippen MR) is 86.4 cm³/mol. The van der Waals surface area contributed by atoms with Crippen LogP contribution in [0, 0.1) is 0 Å². The van der Waals surface area contributed by atoms with Gasteiger partial charge in [-0.25, -0.2) is 4.68 Å². The third-order valence-electron chi connectivity index (χ3n) is 4.14. The van der Waals surface area contributed by atoms with E-state index < -0.39 is 5.97 Å². The summed E-state index contributed by atoms with van der Waals surface area (Å²) in [5, 5.41) is 17.4. The summed E-state index contributed by atoms with van der Waals surface area (Å²) in [4.78, 5) is 13.1. The molecule has 1 aromatic carbocycles. The summed E-state index contributed by atoms with van der Waals surface area (Å²) in [7, 11) is 0. The maximum Gasteiger partial charge on any atom is 0.325 e. The highest BCUT2D eigenvalue weighted by Gasteiger charge is 2.25. The Labute approximate surface area is 139 Å². The number of carbonyl (C=O) groups is 1. The molecule has 1 aromatic heterocycles. The van der Waals surface area contributed by atoms with Crippen molar-refractivity contribution in [3.8, 4) is 0 Å². The Morgan fingerprint density at radius 2 is 2.30 bits per heavy atom. The molecule has 0 spiro atoms. The number of carboxylic acid groups (broad SMARTS) is 1. The molecule has 1 saturated heterocycles. The third kappa shape index (κ3) is 4.09. The van der Waals surface area contributed by atoms with Gasteiger partial charge < -0.3 is 5.11 Å². The van der Waals surface area contributed by atoms with Gasteiger partial charge in [0, 0.05) is 30.2 Å². The van der Waals surface area contributed by atoms with E-state index in [-0.39, 0.29) is 6.54 Å². The van der Waals surface area contributed by atoms with E-state index in [2.05, 4.69) is 21.3 Å². The van der Waals surface area contributed by atoms with Crippen LogP contribution in [0.2, 0.25) is 5.02 Å². The number of carboxylic acids is 1.